The Morgan fingerprint density at radius 3 is 2.86 bits per heavy atom. The molecule has 3 rings (SSSR count). The van der Waals surface area contributed by atoms with E-state index in [0.717, 1.165) is 43.6 Å². The number of nitrogens with zero attached hydrogens (tertiary/aromatic N) is 2. The van der Waals surface area contributed by atoms with Crippen LogP contribution in [-0.2, 0) is 21.8 Å². The fraction of sp³-hybridized carbons (Fsp3) is 0.556. The number of methoxy groups -OCH3 is 1. The molecule has 9 nitrogen and oxygen atoms in total. The van der Waals surface area contributed by atoms with E-state index in [9.17, 15) is 18.0 Å². The molecule has 1 aliphatic rings. The van der Waals surface area contributed by atoms with Crippen LogP contribution in [0, 0.1) is 5.92 Å². The van der Waals surface area contributed by atoms with Crippen LogP contribution in [-0.4, -0.2) is 62.8 Å². The van der Waals surface area contributed by atoms with Gasteiger partial charge in [-0.1, -0.05) is 0 Å². The monoisotopic (exact) mass is 410 g/mol. The lowest BCUT2D eigenvalue weighted by atomic mass is 10.1. The van der Waals surface area contributed by atoms with Crippen molar-refractivity contribution in [1.82, 2.24) is 19.2 Å². The highest BCUT2D eigenvalue weighted by molar-refractivity contribution is 7.89. The van der Waals surface area contributed by atoms with Crippen LogP contribution in [0.3, 0.4) is 0 Å². The quantitative estimate of drug-likeness (QED) is 0.586. The summed E-state index contributed by atoms with van der Waals surface area (Å²) in [6.07, 6.45) is 1.90. The maximum absolute atomic E-state index is 12.7. The first-order valence-corrected chi connectivity index (χ1v) is 10.7. The van der Waals surface area contributed by atoms with Crippen LogP contribution < -0.4 is 16.0 Å². The van der Waals surface area contributed by atoms with E-state index in [1.165, 1.54) is 25.2 Å². The third-order valence-corrected chi connectivity index (χ3v) is 6.56. The SMILES string of the molecule is COCCCN1CC[C@@H](CNS(=O)(=O)c2ccc3[nH]c(=O)n(C)c(=O)c3c2)C1. The standard InChI is InChI=1S/C18H26N4O5S/c1-21-17(23)15-10-14(4-5-16(15)20-18(21)24)28(25,26)19-11-13-6-8-22(12-13)7-3-9-27-2/h4-5,10,13,19H,3,6-9,11-12H2,1-2H3,(H,20,24)/t13-/m0/s1. The van der Waals surface area contributed by atoms with Gasteiger partial charge >= 0.3 is 5.69 Å². The Bertz CT molecular complexity index is 1060. The Kier molecular flexibility index (Phi) is 6.33. The van der Waals surface area contributed by atoms with Gasteiger partial charge in [-0.2, -0.15) is 0 Å². The van der Waals surface area contributed by atoms with Crippen molar-refractivity contribution in [1.29, 1.82) is 0 Å². The summed E-state index contributed by atoms with van der Waals surface area (Å²) in [7, 11) is -0.718. The number of benzene rings is 1. The van der Waals surface area contributed by atoms with E-state index in [2.05, 4.69) is 14.6 Å². The van der Waals surface area contributed by atoms with Gasteiger partial charge in [-0.15, -0.1) is 0 Å². The minimum atomic E-state index is -3.75. The molecule has 10 heteroatoms. The van der Waals surface area contributed by atoms with Crippen LogP contribution in [0.5, 0.6) is 0 Å². The Balaban J connectivity index is 1.68. The van der Waals surface area contributed by atoms with Crippen LogP contribution >= 0.6 is 0 Å². The van der Waals surface area contributed by atoms with Gasteiger partial charge in [-0.05, 0) is 43.5 Å². The zero-order chi connectivity index (χ0) is 20.3. The predicted octanol–water partition coefficient (Wildman–Crippen LogP) is -0.136. The van der Waals surface area contributed by atoms with Crippen LogP contribution in [0.4, 0.5) is 0 Å². The molecule has 0 amide bonds. The number of H-pyrrole nitrogens is 1. The molecule has 0 spiro atoms. The molecule has 1 aromatic heterocycles. The summed E-state index contributed by atoms with van der Waals surface area (Å²) in [5.74, 6) is 0.252. The van der Waals surface area contributed by atoms with Gasteiger partial charge in [0.15, 0.2) is 0 Å². The maximum Gasteiger partial charge on any atom is 0.328 e. The number of aromatic amines is 1. The second kappa shape index (κ2) is 8.56. The van der Waals surface area contributed by atoms with E-state index in [-0.39, 0.29) is 16.2 Å². The number of fused-ring (bicyclic) bond motifs is 1. The molecule has 0 aliphatic carbocycles. The summed E-state index contributed by atoms with van der Waals surface area (Å²) in [6, 6.07) is 4.15. The van der Waals surface area contributed by atoms with E-state index in [4.69, 9.17) is 4.74 Å². The van der Waals surface area contributed by atoms with Crippen molar-refractivity contribution in [3.8, 4) is 0 Å². The highest BCUT2D eigenvalue weighted by Crippen LogP contribution is 2.18. The van der Waals surface area contributed by atoms with Gasteiger partial charge in [0, 0.05) is 40.4 Å². The molecule has 1 atom stereocenters. The first-order valence-electron chi connectivity index (χ1n) is 9.26. The summed E-state index contributed by atoms with van der Waals surface area (Å²) < 4.78 is 34.0. The van der Waals surface area contributed by atoms with Gasteiger partial charge in [-0.25, -0.2) is 17.9 Å². The zero-order valence-corrected chi connectivity index (χ0v) is 16.9. The van der Waals surface area contributed by atoms with Gasteiger partial charge in [0.2, 0.25) is 10.0 Å². The van der Waals surface area contributed by atoms with Gasteiger partial charge < -0.3 is 14.6 Å². The van der Waals surface area contributed by atoms with Crippen molar-refractivity contribution in [2.24, 2.45) is 13.0 Å². The molecule has 1 fully saturated rings. The normalized spacial score (nSPS) is 18.1. The molecule has 1 saturated heterocycles. The number of aromatic nitrogens is 2. The molecule has 2 aromatic rings. The van der Waals surface area contributed by atoms with Crippen molar-refractivity contribution >= 4 is 20.9 Å². The van der Waals surface area contributed by atoms with E-state index in [0.29, 0.717) is 12.1 Å². The van der Waals surface area contributed by atoms with Gasteiger partial charge in [0.05, 0.1) is 15.8 Å². The van der Waals surface area contributed by atoms with Crippen LogP contribution in [0.15, 0.2) is 32.7 Å². The molecular weight excluding hydrogens is 384 g/mol. The summed E-state index contributed by atoms with van der Waals surface area (Å²) in [5, 5.41) is 0.162. The third-order valence-electron chi connectivity index (χ3n) is 5.14. The molecule has 0 radical (unpaired) electrons. The fourth-order valence-corrected chi connectivity index (χ4v) is 4.62. The summed E-state index contributed by atoms with van der Waals surface area (Å²) in [5.41, 5.74) is -0.754. The molecule has 2 N–H and O–H groups in total. The number of likely N-dealkylation sites (tertiary alicyclic amines) is 1. The second-order valence-corrected chi connectivity index (χ2v) is 8.92. The summed E-state index contributed by atoms with van der Waals surface area (Å²) in [4.78, 5) is 28.8. The smallest absolute Gasteiger partial charge is 0.328 e. The van der Waals surface area contributed by atoms with Crippen molar-refractivity contribution in [2.45, 2.75) is 17.7 Å². The Morgan fingerprint density at radius 1 is 1.32 bits per heavy atom. The molecular formula is C18H26N4O5S. The Morgan fingerprint density at radius 2 is 2.11 bits per heavy atom. The van der Waals surface area contributed by atoms with Crippen molar-refractivity contribution in [3.05, 3.63) is 39.0 Å². The average molecular weight is 410 g/mol. The van der Waals surface area contributed by atoms with E-state index in [1.807, 2.05) is 0 Å². The molecule has 1 aliphatic heterocycles. The number of nitrogens with one attached hydrogen (secondary N) is 2. The lowest BCUT2D eigenvalue weighted by Crippen LogP contribution is -2.33. The van der Waals surface area contributed by atoms with E-state index < -0.39 is 21.3 Å². The van der Waals surface area contributed by atoms with Crippen molar-refractivity contribution in [2.75, 3.05) is 39.9 Å². The summed E-state index contributed by atoms with van der Waals surface area (Å²) >= 11 is 0. The minimum absolute atomic E-state index is 0.0131. The fourth-order valence-electron chi connectivity index (χ4n) is 3.47. The van der Waals surface area contributed by atoms with Crippen molar-refractivity contribution in [3.63, 3.8) is 0 Å². The average Bonchev–Trinajstić information content (AvgIpc) is 3.12. The largest absolute Gasteiger partial charge is 0.385 e. The van der Waals surface area contributed by atoms with E-state index in [1.54, 1.807) is 7.11 Å². The first-order chi connectivity index (χ1) is 13.3. The molecule has 2 heterocycles. The van der Waals surface area contributed by atoms with E-state index >= 15 is 0 Å². The maximum atomic E-state index is 12.7. The van der Waals surface area contributed by atoms with Gasteiger partial charge in [-0.3, -0.25) is 9.36 Å². The highest BCUT2D eigenvalue weighted by Gasteiger charge is 2.24. The van der Waals surface area contributed by atoms with Crippen molar-refractivity contribution < 1.29 is 13.2 Å². The molecule has 154 valence electrons. The Hall–Kier alpha value is -2.01. The Labute approximate surface area is 163 Å². The van der Waals surface area contributed by atoms with Crippen LogP contribution in [0.2, 0.25) is 0 Å². The topological polar surface area (TPSA) is 114 Å². The highest BCUT2D eigenvalue weighted by atomic mass is 32.2. The number of ether oxygens (including phenoxy) is 1. The number of hydrogen-bond donors (Lipinski definition) is 2. The van der Waals surface area contributed by atoms with Crippen LogP contribution in [0.25, 0.3) is 10.9 Å². The molecule has 1 aromatic carbocycles. The first kappa shape index (κ1) is 20.7. The number of sulfonamides is 1. The van der Waals surface area contributed by atoms with Gasteiger partial charge in [0.1, 0.15) is 0 Å². The number of rotatable bonds is 8. The lowest BCUT2D eigenvalue weighted by molar-refractivity contribution is 0.178. The zero-order valence-electron chi connectivity index (χ0n) is 16.1. The predicted molar refractivity (Wildman–Crippen MR) is 106 cm³/mol. The molecule has 0 saturated carbocycles. The number of hydrogen-bond acceptors (Lipinski definition) is 6. The molecule has 0 bridgehead atoms. The summed E-state index contributed by atoms with van der Waals surface area (Å²) in [6.45, 7) is 3.83. The van der Waals surface area contributed by atoms with Gasteiger partial charge in [0.25, 0.3) is 5.56 Å². The second-order valence-electron chi connectivity index (χ2n) is 7.16. The van der Waals surface area contributed by atoms with Crippen LogP contribution in [0.1, 0.15) is 12.8 Å². The molecule has 0 unspecified atom stereocenters. The minimum Gasteiger partial charge on any atom is -0.385 e. The lowest BCUT2D eigenvalue weighted by Gasteiger charge is -2.16. The third kappa shape index (κ3) is 4.52. The molecule has 28 heavy (non-hydrogen) atoms.